The van der Waals surface area contributed by atoms with Crippen molar-refractivity contribution in [2.75, 3.05) is 13.2 Å². The summed E-state index contributed by atoms with van der Waals surface area (Å²) in [5.74, 6) is 1.90. The predicted octanol–water partition coefficient (Wildman–Crippen LogP) is 4.46. The van der Waals surface area contributed by atoms with Crippen LogP contribution in [0, 0.1) is 0 Å². The molecule has 5 rings (SSSR count). The van der Waals surface area contributed by atoms with Crippen LogP contribution in [0.15, 0.2) is 42.5 Å². The van der Waals surface area contributed by atoms with E-state index in [2.05, 4.69) is 35.2 Å². The van der Waals surface area contributed by atoms with E-state index in [0.717, 1.165) is 49.2 Å². The van der Waals surface area contributed by atoms with Crippen molar-refractivity contribution in [2.45, 2.75) is 57.0 Å². The molecule has 4 nitrogen and oxygen atoms in total. The van der Waals surface area contributed by atoms with Crippen LogP contribution in [-0.2, 0) is 17.6 Å². The zero-order valence-corrected chi connectivity index (χ0v) is 16.2. The third-order valence-corrected chi connectivity index (χ3v) is 6.14. The van der Waals surface area contributed by atoms with Crippen LogP contribution in [0.5, 0.6) is 11.5 Å². The molecule has 0 bridgehead atoms. The normalized spacial score (nSPS) is 20.4. The Morgan fingerprint density at radius 1 is 1.00 bits per heavy atom. The second-order valence-electron chi connectivity index (χ2n) is 8.12. The van der Waals surface area contributed by atoms with E-state index in [-0.39, 0.29) is 6.04 Å². The topological polar surface area (TPSA) is 38.8 Å². The highest BCUT2D eigenvalue weighted by Gasteiger charge is 2.39. The third-order valence-electron chi connectivity index (χ3n) is 6.14. The summed E-state index contributed by atoms with van der Waals surface area (Å²) < 4.78 is 11.3. The molecule has 0 spiro atoms. The largest absolute Gasteiger partial charge is 0.486 e. The fourth-order valence-electron chi connectivity index (χ4n) is 4.63. The molecule has 1 amide bonds. The summed E-state index contributed by atoms with van der Waals surface area (Å²) in [7, 11) is 0. The molecule has 146 valence electrons. The summed E-state index contributed by atoms with van der Waals surface area (Å²) in [5.41, 5.74) is 3.93. The van der Waals surface area contributed by atoms with Crippen LogP contribution in [0.25, 0.3) is 0 Å². The van der Waals surface area contributed by atoms with Crippen molar-refractivity contribution in [3.8, 4) is 11.5 Å². The summed E-state index contributed by atoms with van der Waals surface area (Å²) in [6, 6.07) is 15.4. The minimum Gasteiger partial charge on any atom is -0.486 e. The van der Waals surface area contributed by atoms with E-state index < -0.39 is 0 Å². The lowest BCUT2D eigenvalue weighted by Gasteiger charge is -2.36. The Bertz CT molecular complexity index is 874. The second kappa shape index (κ2) is 7.50. The zero-order chi connectivity index (χ0) is 18.9. The van der Waals surface area contributed by atoms with Crippen molar-refractivity contribution in [3.05, 3.63) is 59.2 Å². The first-order valence-corrected chi connectivity index (χ1v) is 10.6. The SMILES string of the molecule is O=C(CCc1ccc2c(c1)OCCO2)N(C1CC1)C1CCCc2ccccc21. The molecule has 0 N–H and O–H groups in total. The number of ether oxygens (including phenoxy) is 2. The molecule has 0 radical (unpaired) electrons. The Kier molecular flexibility index (Phi) is 4.71. The number of hydrogen-bond acceptors (Lipinski definition) is 3. The predicted molar refractivity (Wildman–Crippen MR) is 108 cm³/mol. The number of rotatable bonds is 5. The van der Waals surface area contributed by atoms with E-state index in [0.29, 0.717) is 31.6 Å². The van der Waals surface area contributed by atoms with Gasteiger partial charge in [0.1, 0.15) is 13.2 Å². The second-order valence-corrected chi connectivity index (χ2v) is 8.12. The molecular formula is C24H27NO3. The fourth-order valence-corrected chi connectivity index (χ4v) is 4.63. The first-order valence-electron chi connectivity index (χ1n) is 10.6. The summed E-state index contributed by atoms with van der Waals surface area (Å²) in [6.45, 7) is 1.19. The fraction of sp³-hybridized carbons (Fsp3) is 0.458. The molecule has 0 saturated heterocycles. The zero-order valence-electron chi connectivity index (χ0n) is 16.2. The van der Waals surface area contributed by atoms with Gasteiger partial charge in [-0.25, -0.2) is 0 Å². The summed E-state index contributed by atoms with van der Waals surface area (Å²) in [5, 5.41) is 0. The Morgan fingerprint density at radius 3 is 2.68 bits per heavy atom. The number of hydrogen-bond donors (Lipinski definition) is 0. The highest BCUT2D eigenvalue weighted by molar-refractivity contribution is 5.78. The molecule has 2 aliphatic carbocycles. The summed E-state index contributed by atoms with van der Waals surface area (Å²) in [6.07, 6.45) is 6.98. The Hall–Kier alpha value is -2.49. The average molecular weight is 377 g/mol. The van der Waals surface area contributed by atoms with Crippen LogP contribution in [-0.4, -0.2) is 30.1 Å². The standard InChI is InChI=1S/C24H27NO3/c26-24(13-9-17-8-12-22-23(16-17)28-15-14-27-22)25(19-10-11-19)21-7-3-5-18-4-1-2-6-20(18)21/h1-2,4,6,8,12,16,19,21H,3,5,7,9-11,13-15H2. The molecule has 1 saturated carbocycles. The van der Waals surface area contributed by atoms with Gasteiger partial charge < -0.3 is 14.4 Å². The van der Waals surface area contributed by atoms with Gasteiger partial charge in [-0.1, -0.05) is 30.3 Å². The van der Waals surface area contributed by atoms with Gasteiger partial charge in [0.25, 0.3) is 0 Å². The molecule has 4 heteroatoms. The monoisotopic (exact) mass is 377 g/mol. The first kappa shape index (κ1) is 17.6. The highest BCUT2D eigenvalue weighted by Crippen LogP contribution is 2.41. The molecule has 1 atom stereocenters. The lowest BCUT2D eigenvalue weighted by Crippen LogP contribution is -2.38. The number of carbonyl (C=O) groups is 1. The van der Waals surface area contributed by atoms with Gasteiger partial charge in [0.2, 0.25) is 5.91 Å². The lowest BCUT2D eigenvalue weighted by atomic mass is 9.86. The van der Waals surface area contributed by atoms with Gasteiger partial charge >= 0.3 is 0 Å². The molecule has 2 aromatic carbocycles. The number of nitrogens with zero attached hydrogens (tertiary/aromatic N) is 1. The lowest BCUT2D eigenvalue weighted by molar-refractivity contribution is -0.134. The first-order chi connectivity index (χ1) is 13.8. The van der Waals surface area contributed by atoms with Gasteiger partial charge in [-0.15, -0.1) is 0 Å². The molecule has 28 heavy (non-hydrogen) atoms. The molecule has 1 unspecified atom stereocenters. The molecular weight excluding hydrogens is 350 g/mol. The van der Waals surface area contributed by atoms with E-state index in [1.54, 1.807) is 0 Å². The van der Waals surface area contributed by atoms with E-state index in [1.807, 2.05) is 12.1 Å². The number of benzene rings is 2. The minimum atomic E-state index is 0.255. The van der Waals surface area contributed by atoms with Crippen molar-refractivity contribution < 1.29 is 14.3 Å². The van der Waals surface area contributed by atoms with Gasteiger partial charge in [0.05, 0.1) is 6.04 Å². The van der Waals surface area contributed by atoms with Crippen molar-refractivity contribution in [2.24, 2.45) is 0 Å². The maximum Gasteiger partial charge on any atom is 0.223 e. The molecule has 1 aliphatic heterocycles. The third kappa shape index (κ3) is 3.48. The van der Waals surface area contributed by atoms with Gasteiger partial charge in [0.15, 0.2) is 11.5 Å². The summed E-state index contributed by atoms with van der Waals surface area (Å²) in [4.78, 5) is 15.5. The van der Waals surface area contributed by atoms with E-state index in [9.17, 15) is 4.79 Å². The highest BCUT2D eigenvalue weighted by atomic mass is 16.6. The van der Waals surface area contributed by atoms with Crippen LogP contribution in [0.3, 0.4) is 0 Å². The average Bonchev–Trinajstić information content (AvgIpc) is 3.57. The van der Waals surface area contributed by atoms with Crippen molar-refractivity contribution in [3.63, 3.8) is 0 Å². The van der Waals surface area contributed by atoms with Gasteiger partial charge in [-0.05, 0) is 67.3 Å². The molecule has 3 aliphatic rings. The molecule has 0 aromatic heterocycles. The molecule has 2 aromatic rings. The number of amides is 1. The van der Waals surface area contributed by atoms with Crippen molar-refractivity contribution in [1.29, 1.82) is 0 Å². The van der Waals surface area contributed by atoms with Crippen LogP contribution >= 0.6 is 0 Å². The van der Waals surface area contributed by atoms with Crippen LogP contribution in [0.1, 0.15) is 54.8 Å². The van der Waals surface area contributed by atoms with E-state index in [1.165, 1.54) is 17.5 Å². The molecule has 1 fully saturated rings. The Labute approximate surface area is 166 Å². The van der Waals surface area contributed by atoms with Gasteiger partial charge in [0, 0.05) is 12.5 Å². The quantitative estimate of drug-likeness (QED) is 0.772. The van der Waals surface area contributed by atoms with Crippen molar-refractivity contribution in [1.82, 2.24) is 4.90 Å². The Morgan fingerprint density at radius 2 is 1.82 bits per heavy atom. The van der Waals surface area contributed by atoms with Crippen LogP contribution in [0.2, 0.25) is 0 Å². The van der Waals surface area contributed by atoms with Crippen LogP contribution < -0.4 is 9.47 Å². The number of fused-ring (bicyclic) bond motifs is 2. The van der Waals surface area contributed by atoms with Gasteiger partial charge in [-0.3, -0.25) is 4.79 Å². The van der Waals surface area contributed by atoms with E-state index >= 15 is 0 Å². The smallest absolute Gasteiger partial charge is 0.223 e. The maximum atomic E-state index is 13.3. The summed E-state index contributed by atoms with van der Waals surface area (Å²) >= 11 is 0. The van der Waals surface area contributed by atoms with Crippen LogP contribution in [0.4, 0.5) is 0 Å². The van der Waals surface area contributed by atoms with Crippen molar-refractivity contribution >= 4 is 5.91 Å². The number of aryl methyl sites for hydroxylation is 2. The number of carbonyl (C=O) groups excluding carboxylic acids is 1. The maximum absolute atomic E-state index is 13.3. The molecule has 1 heterocycles. The minimum absolute atomic E-state index is 0.255. The Balaban J connectivity index is 1.31. The van der Waals surface area contributed by atoms with E-state index in [4.69, 9.17) is 9.47 Å². The van der Waals surface area contributed by atoms with Gasteiger partial charge in [-0.2, -0.15) is 0 Å².